The van der Waals surface area contributed by atoms with Crippen LogP contribution in [0.5, 0.6) is 0 Å². The van der Waals surface area contributed by atoms with Gasteiger partial charge in [-0.1, -0.05) is 0 Å². The molecule has 0 bridgehead atoms. The number of nitrogens with zero attached hydrogens (tertiary/aromatic N) is 1. The van der Waals surface area contributed by atoms with Gasteiger partial charge in [-0.2, -0.15) is 11.8 Å². The third kappa shape index (κ3) is 4.62. The minimum atomic E-state index is 0.866. The second-order valence-electron chi connectivity index (χ2n) is 4.87. The number of nitrogens with one attached hydrogen (secondary N) is 2. The number of hydrogen-bond acceptors (Lipinski definition) is 4. The largest absolute Gasteiger partial charge is 0.316 e. The molecule has 0 radical (unpaired) electrons. The van der Waals surface area contributed by atoms with Gasteiger partial charge in [-0.3, -0.25) is 0 Å². The molecular weight excluding hydrogens is 218 g/mol. The van der Waals surface area contributed by atoms with Crippen LogP contribution in [0.1, 0.15) is 12.8 Å². The van der Waals surface area contributed by atoms with Gasteiger partial charge < -0.3 is 15.5 Å². The highest BCUT2D eigenvalue weighted by molar-refractivity contribution is 7.99. The number of piperidine rings is 1. The molecule has 4 heteroatoms. The van der Waals surface area contributed by atoms with E-state index in [0.717, 1.165) is 5.92 Å². The fourth-order valence-electron chi connectivity index (χ4n) is 2.47. The molecule has 94 valence electrons. The van der Waals surface area contributed by atoms with E-state index >= 15 is 0 Å². The van der Waals surface area contributed by atoms with E-state index in [1.165, 1.54) is 70.2 Å². The van der Waals surface area contributed by atoms with Gasteiger partial charge in [-0.15, -0.1) is 0 Å². The summed E-state index contributed by atoms with van der Waals surface area (Å²) in [6.45, 7) is 8.63. The zero-order valence-electron chi connectivity index (χ0n) is 10.2. The second kappa shape index (κ2) is 7.54. The molecule has 0 aliphatic carbocycles. The molecule has 2 aliphatic rings. The summed E-state index contributed by atoms with van der Waals surface area (Å²) in [5, 5.41) is 7.09. The van der Waals surface area contributed by atoms with E-state index in [4.69, 9.17) is 0 Å². The van der Waals surface area contributed by atoms with Crippen molar-refractivity contribution in [2.45, 2.75) is 12.8 Å². The van der Waals surface area contributed by atoms with Gasteiger partial charge >= 0.3 is 0 Å². The summed E-state index contributed by atoms with van der Waals surface area (Å²) in [4.78, 5) is 2.59. The minimum absolute atomic E-state index is 0.866. The Morgan fingerprint density at radius 3 is 2.94 bits per heavy atom. The Morgan fingerprint density at radius 1 is 1.31 bits per heavy atom. The fourth-order valence-corrected chi connectivity index (χ4v) is 3.45. The first-order valence-corrected chi connectivity index (χ1v) is 7.82. The molecule has 2 fully saturated rings. The first kappa shape index (κ1) is 12.7. The average Bonchev–Trinajstić information content (AvgIpc) is 2.37. The Hall–Kier alpha value is 0.230. The molecule has 16 heavy (non-hydrogen) atoms. The van der Waals surface area contributed by atoms with Crippen molar-refractivity contribution in [2.24, 2.45) is 5.92 Å². The van der Waals surface area contributed by atoms with Gasteiger partial charge in [0, 0.05) is 37.7 Å². The van der Waals surface area contributed by atoms with Gasteiger partial charge in [0.15, 0.2) is 0 Å². The maximum atomic E-state index is 3.61. The number of rotatable bonds is 5. The summed E-state index contributed by atoms with van der Waals surface area (Å²) in [6, 6.07) is 0. The van der Waals surface area contributed by atoms with Gasteiger partial charge in [-0.05, 0) is 38.4 Å². The van der Waals surface area contributed by atoms with Crippen LogP contribution in [-0.4, -0.2) is 62.2 Å². The molecule has 2 saturated heterocycles. The molecule has 0 saturated carbocycles. The molecular formula is C12H25N3S. The standard InChI is InChI=1S/C12H25N3S/c1-2-12(10-13-3-1)11-14-4-5-15-6-8-16-9-7-15/h12-14H,1-11H2. The van der Waals surface area contributed by atoms with Crippen molar-refractivity contribution in [2.75, 3.05) is 57.3 Å². The first-order valence-electron chi connectivity index (χ1n) is 6.66. The molecule has 0 aromatic heterocycles. The molecule has 3 nitrogen and oxygen atoms in total. The van der Waals surface area contributed by atoms with Gasteiger partial charge in [0.2, 0.25) is 0 Å². The van der Waals surface area contributed by atoms with Crippen molar-refractivity contribution in [3.05, 3.63) is 0 Å². The fraction of sp³-hybridized carbons (Fsp3) is 1.00. The van der Waals surface area contributed by atoms with Crippen LogP contribution in [0.4, 0.5) is 0 Å². The predicted molar refractivity (Wildman–Crippen MR) is 72.2 cm³/mol. The van der Waals surface area contributed by atoms with Crippen LogP contribution < -0.4 is 10.6 Å². The van der Waals surface area contributed by atoms with Crippen molar-refractivity contribution < 1.29 is 0 Å². The van der Waals surface area contributed by atoms with E-state index in [1.807, 2.05) is 0 Å². The molecule has 0 aromatic carbocycles. The lowest BCUT2D eigenvalue weighted by Gasteiger charge is -2.27. The topological polar surface area (TPSA) is 27.3 Å². The Bertz CT molecular complexity index is 157. The first-order chi connectivity index (χ1) is 7.95. The van der Waals surface area contributed by atoms with Crippen molar-refractivity contribution in [3.63, 3.8) is 0 Å². The molecule has 0 spiro atoms. The number of thioether (sulfide) groups is 1. The normalized spacial score (nSPS) is 28.1. The number of hydrogen-bond donors (Lipinski definition) is 2. The summed E-state index contributed by atoms with van der Waals surface area (Å²) in [7, 11) is 0. The Labute approximate surface area is 104 Å². The maximum Gasteiger partial charge on any atom is 0.0107 e. The van der Waals surface area contributed by atoms with Crippen molar-refractivity contribution >= 4 is 11.8 Å². The molecule has 0 aromatic rings. The molecule has 2 aliphatic heterocycles. The lowest BCUT2D eigenvalue weighted by Crippen LogP contribution is -2.40. The second-order valence-corrected chi connectivity index (χ2v) is 6.10. The van der Waals surface area contributed by atoms with Gasteiger partial charge in [-0.25, -0.2) is 0 Å². The lowest BCUT2D eigenvalue weighted by atomic mass is 10.00. The van der Waals surface area contributed by atoms with E-state index in [0.29, 0.717) is 0 Å². The monoisotopic (exact) mass is 243 g/mol. The molecule has 1 unspecified atom stereocenters. The third-order valence-corrected chi connectivity index (χ3v) is 4.48. The summed E-state index contributed by atoms with van der Waals surface area (Å²) >= 11 is 2.09. The quantitative estimate of drug-likeness (QED) is 0.693. The van der Waals surface area contributed by atoms with Gasteiger partial charge in [0.1, 0.15) is 0 Å². The zero-order valence-corrected chi connectivity index (χ0v) is 11.0. The highest BCUT2D eigenvalue weighted by atomic mass is 32.2. The van der Waals surface area contributed by atoms with Crippen LogP contribution in [-0.2, 0) is 0 Å². The Kier molecular flexibility index (Phi) is 5.97. The summed E-state index contributed by atoms with van der Waals surface area (Å²) in [6.07, 6.45) is 2.76. The van der Waals surface area contributed by atoms with Crippen LogP contribution in [0.25, 0.3) is 0 Å². The Balaban J connectivity index is 1.47. The van der Waals surface area contributed by atoms with Crippen LogP contribution in [0, 0.1) is 5.92 Å². The van der Waals surface area contributed by atoms with Crippen LogP contribution in [0.15, 0.2) is 0 Å². The highest BCUT2D eigenvalue weighted by Crippen LogP contribution is 2.09. The smallest absolute Gasteiger partial charge is 0.0107 e. The van der Waals surface area contributed by atoms with Crippen molar-refractivity contribution in [3.8, 4) is 0 Å². The van der Waals surface area contributed by atoms with E-state index in [1.54, 1.807) is 0 Å². The van der Waals surface area contributed by atoms with E-state index in [-0.39, 0.29) is 0 Å². The van der Waals surface area contributed by atoms with E-state index in [9.17, 15) is 0 Å². The highest BCUT2D eigenvalue weighted by Gasteiger charge is 2.13. The van der Waals surface area contributed by atoms with Gasteiger partial charge in [0.05, 0.1) is 0 Å². The average molecular weight is 243 g/mol. The van der Waals surface area contributed by atoms with Crippen molar-refractivity contribution in [1.29, 1.82) is 0 Å². The summed E-state index contributed by atoms with van der Waals surface area (Å²) < 4.78 is 0. The minimum Gasteiger partial charge on any atom is -0.316 e. The molecule has 1 atom stereocenters. The van der Waals surface area contributed by atoms with Crippen LogP contribution in [0.2, 0.25) is 0 Å². The van der Waals surface area contributed by atoms with Crippen LogP contribution in [0.3, 0.4) is 0 Å². The van der Waals surface area contributed by atoms with Crippen molar-refractivity contribution in [1.82, 2.24) is 15.5 Å². The predicted octanol–water partition coefficient (Wildman–Crippen LogP) is 0.624. The maximum absolute atomic E-state index is 3.61. The third-order valence-electron chi connectivity index (χ3n) is 3.54. The molecule has 2 heterocycles. The van der Waals surface area contributed by atoms with E-state index < -0.39 is 0 Å². The zero-order chi connectivity index (χ0) is 11.1. The SMILES string of the molecule is C1CNCC(CNCCN2CCSCC2)C1. The van der Waals surface area contributed by atoms with E-state index in [2.05, 4.69) is 27.3 Å². The lowest BCUT2D eigenvalue weighted by molar-refractivity contribution is 0.291. The molecule has 2 N–H and O–H groups in total. The Morgan fingerprint density at radius 2 is 2.19 bits per heavy atom. The van der Waals surface area contributed by atoms with Crippen LogP contribution >= 0.6 is 11.8 Å². The molecule has 0 amide bonds. The summed E-state index contributed by atoms with van der Waals surface area (Å²) in [5.74, 6) is 3.52. The molecule has 2 rings (SSSR count). The summed E-state index contributed by atoms with van der Waals surface area (Å²) in [5.41, 5.74) is 0. The van der Waals surface area contributed by atoms with Gasteiger partial charge in [0.25, 0.3) is 0 Å².